The van der Waals surface area contributed by atoms with Gasteiger partial charge in [0.1, 0.15) is 19.0 Å². The first-order valence-electron chi connectivity index (χ1n) is 5.56. The molecule has 0 saturated carbocycles. The molecule has 0 bridgehead atoms. The Hall–Kier alpha value is -1.99. The lowest BCUT2D eigenvalue weighted by atomic mass is 10.1. The lowest BCUT2D eigenvalue weighted by molar-refractivity contribution is 0.171. The maximum Gasteiger partial charge on any atom is 0.238 e. The Morgan fingerprint density at radius 3 is 2.37 bits per heavy atom. The van der Waals surface area contributed by atoms with Gasteiger partial charge in [-0.25, -0.2) is 13.6 Å². The van der Waals surface area contributed by atoms with E-state index in [1.54, 1.807) is 18.2 Å². The number of primary sulfonamides is 1. The molecule has 0 aliphatic carbocycles. The molecule has 6 nitrogen and oxygen atoms in total. The predicted octanol–water partition coefficient (Wildman–Crippen LogP) is 1.37. The number of sulfonamides is 1. The predicted molar refractivity (Wildman–Crippen MR) is 66.5 cm³/mol. The van der Waals surface area contributed by atoms with Gasteiger partial charge in [-0.1, -0.05) is 0 Å². The molecule has 2 aromatic rings. The van der Waals surface area contributed by atoms with Gasteiger partial charge in [0, 0.05) is 11.6 Å². The molecule has 1 aromatic carbocycles. The Labute approximate surface area is 109 Å². The van der Waals surface area contributed by atoms with Gasteiger partial charge >= 0.3 is 0 Å². The fraction of sp³-hybridized carbons (Fsp3) is 0.167. The Bertz CT molecular complexity index is 706. The fourth-order valence-corrected chi connectivity index (χ4v) is 2.67. The molecule has 2 N–H and O–H groups in total. The minimum absolute atomic E-state index is 0.0494. The molecule has 100 valence electrons. The number of benzene rings is 1. The molecule has 3 rings (SSSR count). The van der Waals surface area contributed by atoms with Crippen molar-refractivity contribution in [1.82, 2.24) is 0 Å². The van der Waals surface area contributed by atoms with E-state index in [9.17, 15) is 8.42 Å². The maximum atomic E-state index is 11.7. The topological polar surface area (TPSA) is 91.8 Å². The highest BCUT2D eigenvalue weighted by Crippen LogP contribution is 2.39. The zero-order valence-electron chi connectivity index (χ0n) is 9.83. The largest absolute Gasteiger partial charge is 0.486 e. The smallest absolute Gasteiger partial charge is 0.238 e. The quantitative estimate of drug-likeness (QED) is 0.897. The lowest BCUT2D eigenvalue weighted by Gasteiger charge is -2.20. The second-order valence-corrected chi connectivity index (χ2v) is 5.54. The SMILES string of the molecule is NS(=O)(=O)c1cc2c(cc1-c1ccco1)OCCO2. The summed E-state index contributed by atoms with van der Waals surface area (Å²) >= 11 is 0. The number of rotatable bonds is 2. The number of hydrogen-bond donors (Lipinski definition) is 1. The van der Waals surface area contributed by atoms with Gasteiger partial charge in [-0.3, -0.25) is 0 Å². The minimum Gasteiger partial charge on any atom is -0.486 e. The molecule has 0 atom stereocenters. The van der Waals surface area contributed by atoms with Crippen LogP contribution in [0.4, 0.5) is 0 Å². The van der Waals surface area contributed by atoms with Crippen molar-refractivity contribution in [1.29, 1.82) is 0 Å². The molecular weight excluding hydrogens is 270 g/mol. The van der Waals surface area contributed by atoms with Gasteiger partial charge in [0.05, 0.1) is 11.2 Å². The summed E-state index contributed by atoms with van der Waals surface area (Å²) in [7, 11) is -3.89. The summed E-state index contributed by atoms with van der Waals surface area (Å²) in [5, 5.41) is 5.23. The molecule has 1 aliphatic heterocycles. The van der Waals surface area contributed by atoms with Gasteiger partial charge in [-0.05, 0) is 18.2 Å². The molecule has 0 unspecified atom stereocenters. The van der Waals surface area contributed by atoms with Crippen LogP contribution in [-0.2, 0) is 10.0 Å². The van der Waals surface area contributed by atoms with Crippen LogP contribution in [0.25, 0.3) is 11.3 Å². The summed E-state index contributed by atoms with van der Waals surface area (Å²) in [6, 6.07) is 6.24. The highest BCUT2D eigenvalue weighted by atomic mass is 32.2. The summed E-state index contributed by atoms with van der Waals surface area (Å²) in [5.41, 5.74) is 0.358. The first-order chi connectivity index (χ1) is 9.05. The summed E-state index contributed by atoms with van der Waals surface area (Å²) < 4.78 is 39.4. The monoisotopic (exact) mass is 281 g/mol. The van der Waals surface area contributed by atoms with Gasteiger partial charge in [-0.2, -0.15) is 0 Å². The van der Waals surface area contributed by atoms with E-state index >= 15 is 0 Å². The lowest BCUT2D eigenvalue weighted by Crippen LogP contribution is -2.18. The van der Waals surface area contributed by atoms with Crippen molar-refractivity contribution < 1.29 is 22.3 Å². The molecule has 1 aromatic heterocycles. The highest BCUT2D eigenvalue weighted by molar-refractivity contribution is 7.89. The second-order valence-electron chi connectivity index (χ2n) is 4.01. The van der Waals surface area contributed by atoms with Crippen LogP contribution in [0.3, 0.4) is 0 Å². The van der Waals surface area contributed by atoms with E-state index in [0.29, 0.717) is 36.0 Å². The molecule has 7 heteroatoms. The molecular formula is C12H11NO5S. The van der Waals surface area contributed by atoms with E-state index in [-0.39, 0.29) is 4.90 Å². The Morgan fingerprint density at radius 2 is 1.79 bits per heavy atom. The first-order valence-corrected chi connectivity index (χ1v) is 7.10. The van der Waals surface area contributed by atoms with Crippen molar-refractivity contribution >= 4 is 10.0 Å². The summed E-state index contributed by atoms with van der Waals surface area (Å²) in [6.07, 6.45) is 1.46. The van der Waals surface area contributed by atoms with Crippen molar-refractivity contribution in [3.05, 3.63) is 30.5 Å². The van der Waals surface area contributed by atoms with Crippen molar-refractivity contribution in [2.75, 3.05) is 13.2 Å². The summed E-state index contributed by atoms with van der Waals surface area (Å²) in [6.45, 7) is 0.788. The molecule has 0 saturated heterocycles. The van der Waals surface area contributed by atoms with Gasteiger partial charge in [-0.15, -0.1) is 0 Å². The third-order valence-electron chi connectivity index (χ3n) is 2.74. The maximum absolute atomic E-state index is 11.7. The Kier molecular flexibility index (Phi) is 2.72. The number of ether oxygens (including phenoxy) is 2. The van der Waals surface area contributed by atoms with Crippen molar-refractivity contribution in [3.63, 3.8) is 0 Å². The van der Waals surface area contributed by atoms with Crippen molar-refractivity contribution in [2.45, 2.75) is 4.90 Å². The zero-order chi connectivity index (χ0) is 13.5. The van der Waals surface area contributed by atoms with Crippen LogP contribution in [0, 0.1) is 0 Å². The third kappa shape index (κ3) is 2.18. The van der Waals surface area contributed by atoms with Gasteiger partial charge < -0.3 is 13.9 Å². The standard InChI is InChI=1S/C12H11NO5S/c13-19(14,15)12-7-11-10(17-4-5-18-11)6-8(12)9-2-1-3-16-9/h1-3,6-7H,4-5H2,(H2,13,14,15). The minimum atomic E-state index is -3.89. The average Bonchev–Trinajstić information content (AvgIpc) is 2.90. The molecule has 0 fully saturated rings. The average molecular weight is 281 g/mol. The molecule has 19 heavy (non-hydrogen) atoms. The zero-order valence-corrected chi connectivity index (χ0v) is 10.6. The van der Waals surface area contributed by atoms with Crippen LogP contribution in [0.5, 0.6) is 11.5 Å². The summed E-state index contributed by atoms with van der Waals surface area (Å²) in [4.78, 5) is -0.0494. The van der Waals surface area contributed by atoms with Gasteiger partial charge in [0.2, 0.25) is 10.0 Å². The number of fused-ring (bicyclic) bond motifs is 1. The van der Waals surface area contributed by atoms with Gasteiger partial charge in [0.25, 0.3) is 0 Å². The van der Waals surface area contributed by atoms with E-state index in [1.165, 1.54) is 12.3 Å². The third-order valence-corrected chi connectivity index (χ3v) is 3.69. The molecule has 0 radical (unpaired) electrons. The molecule has 1 aliphatic rings. The van der Waals surface area contributed by atoms with Crippen LogP contribution in [-0.4, -0.2) is 21.6 Å². The van der Waals surface area contributed by atoms with Crippen LogP contribution >= 0.6 is 0 Å². The van der Waals surface area contributed by atoms with Crippen LogP contribution in [0.2, 0.25) is 0 Å². The molecule has 0 spiro atoms. The van der Waals surface area contributed by atoms with Crippen LogP contribution < -0.4 is 14.6 Å². The highest BCUT2D eigenvalue weighted by Gasteiger charge is 2.23. The number of furan rings is 1. The van der Waals surface area contributed by atoms with E-state index in [1.807, 2.05) is 0 Å². The van der Waals surface area contributed by atoms with E-state index in [0.717, 1.165) is 0 Å². The van der Waals surface area contributed by atoms with Crippen molar-refractivity contribution in [2.24, 2.45) is 5.14 Å². The van der Waals surface area contributed by atoms with E-state index in [4.69, 9.17) is 19.0 Å². The van der Waals surface area contributed by atoms with Gasteiger partial charge in [0.15, 0.2) is 11.5 Å². The first kappa shape index (κ1) is 12.1. The Balaban J connectivity index is 2.26. The molecule has 0 amide bonds. The van der Waals surface area contributed by atoms with Crippen molar-refractivity contribution in [3.8, 4) is 22.8 Å². The Morgan fingerprint density at radius 1 is 1.11 bits per heavy atom. The summed E-state index contributed by atoms with van der Waals surface area (Å²) in [5.74, 6) is 1.25. The van der Waals surface area contributed by atoms with E-state index in [2.05, 4.69) is 0 Å². The van der Waals surface area contributed by atoms with Crippen LogP contribution in [0.1, 0.15) is 0 Å². The second kappa shape index (κ2) is 4.29. The normalized spacial score (nSPS) is 14.4. The fourth-order valence-electron chi connectivity index (χ4n) is 1.93. The molecule has 2 heterocycles. The number of nitrogens with two attached hydrogens (primary N) is 1. The number of hydrogen-bond acceptors (Lipinski definition) is 5. The van der Waals surface area contributed by atoms with E-state index < -0.39 is 10.0 Å². The van der Waals surface area contributed by atoms with Crippen LogP contribution in [0.15, 0.2) is 39.8 Å².